The van der Waals surface area contributed by atoms with Crippen molar-refractivity contribution in [3.05, 3.63) is 64.7 Å². The largest absolute Gasteiger partial charge is 0.260 e. The molecule has 2 aromatic heterocycles. The van der Waals surface area contributed by atoms with Gasteiger partial charge in [0.15, 0.2) is 11.6 Å². The Bertz CT molecular complexity index is 865. The van der Waals surface area contributed by atoms with Gasteiger partial charge in [0, 0.05) is 5.69 Å². The van der Waals surface area contributed by atoms with Crippen molar-refractivity contribution >= 4 is 12.0 Å². The van der Waals surface area contributed by atoms with E-state index in [9.17, 15) is 4.39 Å². The number of aromatic nitrogens is 4. The van der Waals surface area contributed by atoms with E-state index in [2.05, 4.69) is 25.8 Å². The fourth-order valence-electron chi connectivity index (χ4n) is 2.16. The van der Waals surface area contributed by atoms with E-state index in [0.29, 0.717) is 11.6 Å². The van der Waals surface area contributed by atoms with Gasteiger partial charge in [0.05, 0.1) is 11.9 Å². The van der Waals surface area contributed by atoms with Crippen LogP contribution in [0, 0.1) is 26.6 Å². The van der Waals surface area contributed by atoms with Crippen LogP contribution >= 0.6 is 0 Å². The predicted molar refractivity (Wildman–Crippen MR) is 91.0 cm³/mol. The maximum absolute atomic E-state index is 12.8. The quantitative estimate of drug-likeness (QED) is 0.591. The molecule has 2 heterocycles. The molecule has 6 nitrogen and oxygen atoms in total. The number of nitrogens with zero attached hydrogens (tertiary/aromatic N) is 5. The molecular formula is C17H17FN6. The number of halogens is 1. The minimum Gasteiger partial charge on any atom is -0.260 e. The number of benzene rings is 1. The van der Waals surface area contributed by atoms with Gasteiger partial charge in [-0.3, -0.25) is 5.43 Å². The SMILES string of the molecule is Cc1nn(-c2ccc(NN=Cc3ccc(F)cc3)nn2)c(C)c1C. The molecule has 0 aliphatic carbocycles. The summed E-state index contributed by atoms with van der Waals surface area (Å²) in [6, 6.07) is 9.64. The lowest BCUT2D eigenvalue weighted by atomic mass is 10.2. The molecule has 0 amide bonds. The maximum Gasteiger partial charge on any atom is 0.176 e. The van der Waals surface area contributed by atoms with E-state index in [1.54, 1.807) is 29.1 Å². The van der Waals surface area contributed by atoms with Gasteiger partial charge in [-0.05, 0) is 56.2 Å². The minimum atomic E-state index is -0.277. The van der Waals surface area contributed by atoms with Gasteiger partial charge in [-0.2, -0.15) is 10.2 Å². The Hall–Kier alpha value is -3.09. The highest BCUT2D eigenvalue weighted by Gasteiger charge is 2.10. The molecule has 0 saturated heterocycles. The molecule has 1 N–H and O–H groups in total. The van der Waals surface area contributed by atoms with Gasteiger partial charge >= 0.3 is 0 Å². The number of hydrogen-bond donors (Lipinski definition) is 1. The van der Waals surface area contributed by atoms with Gasteiger partial charge in [0.1, 0.15) is 5.82 Å². The molecule has 0 atom stereocenters. The Morgan fingerprint density at radius 3 is 2.38 bits per heavy atom. The van der Waals surface area contributed by atoms with E-state index in [1.807, 2.05) is 26.8 Å². The molecule has 0 bridgehead atoms. The third-order valence-electron chi connectivity index (χ3n) is 3.78. The molecule has 24 heavy (non-hydrogen) atoms. The van der Waals surface area contributed by atoms with Gasteiger partial charge in [-0.25, -0.2) is 9.07 Å². The molecule has 0 aliphatic rings. The van der Waals surface area contributed by atoms with Crippen molar-refractivity contribution in [2.75, 3.05) is 5.43 Å². The molecule has 3 rings (SSSR count). The Kier molecular flexibility index (Phi) is 4.33. The molecule has 0 fully saturated rings. The summed E-state index contributed by atoms with van der Waals surface area (Å²) in [5, 5.41) is 16.8. The first-order valence-corrected chi connectivity index (χ1v) is 7.46. The minimum absolute atomic E-state index is 0.277. The van der Waals surface area contributed by atoms with E-state index >= 15 is 0 Å². The smallest absolute Gasteiger partial charge is 0.176 e. The zero-order chi connectivity index (χ0) is 17.1. The third kappa shape index (κ3) is 3.29. The second-order valence-electron chi connectivity index (χ2n) is 5.41. The van der Waals surface area contributed by atoms with Crippen LogP contribution < -0.4 is 5.43 Å². The van der Waals surface area contributed by atoms with Crippen molar-refractivity contribution < 1.29 is 4.39 Å². The van der Waals surface area contributed by atoms with Gasteiger partial charge in [-0.1, -0.05) is 12.1 Å². The molecule has 0 unspecified atom stereocenters. The first-order valence-electron chi connectivity index (χ1n) is 7.46. The maximum atomic E-state index is 12.8. The van der Waals surface area contributed by atoms with Crippen LogP contribution in [0.25, 0.3) is 5.82 Å². The zero-order valence-electron chi connectivity index (χ0n) is 13.7. The van der Waals surface area contributed by atoms with Crippen LogP contribution in [0.3, 0.4) is 0 Å². The van der Waals surface area contributed by atoms with Gasteiger partial charge in [-0.15, -0.1) is 10.2 Å². The fraction of sp³-hybridized carbons (Fsp3) is 0.176. The van der Waals surface area contributed by atoms with E-state index in [0.717, 1.165) is 22.5 Å². The molecule has 3 aromatic rings. The van der Waals surface area contributed by atoms with Crippen LogP contribution in [0.15, 0.2) is 41.5 Å². The summed E-state index contributed by atoms with van der Waals surface area (Å²) in [4.78, 5) is 0. The summed E-state index contributed by atoms with van der Waals surface area (Å²) in [6.07, 6.45) is 1.58. The topological polar surface area (TPSA) is 68.0 Å². The van der Waals surface area contributed by atoms with Crippen LogP contribution in [-0.2, 0) is 0 Å². The molecule has 7 heteroatoms. The average Bonchev–Trinajstić information content (AvgIpc) is 2.85. The second kappa shape index (κ2) is 6.57. The highest BCUT2D eigenvalue weighted by molar-refractivity contribution is 5.79. The molecule has 0 saturated carbocycles. The van der Waals surface area contributed by atoms with Crippen LogP contribution in [0.4, 0.5) is 10.2 Å². The molecule has 122 valence electrons. The number of nitrogens with one attached hydrogen (secondary N) is 1. The van der Waals surface area contributed by atoms with E-state index in [-0.39, 0.29) is 5.82 Å². The summed E-state index contributed by atoms with van der Waals surface area (Å²) >= 11 is 0. The van der Waals surface area contributed by atoms with Crippen molar-refractivity contribution in [3.63, 3.8) is 0 Å². The monoisotopic (exact) mass is 324 g/mol. The first kappa shape index (κ1) is 15.8. The van der Waals surface area contributed by atoms with Gasteiger partial charge in [0.2, 0.25) is 0 Å². The summed E-state index contributed by atoms with van der Waals surface area (Å²) < 4.78 is 14.6. The lowest BCUT2D eigenvalue weighted by Gasteiger charge is -2.04. The van der Waals surface area contributed by atoms with Gasteiger partial charge < -0.3 is 0 Å². The molecule has 0 radical (unpaired) electrons. The van der Waals surface area contributed by atoms with E-state index < -0.39 is 0 Å². The van der Waals surface area contributed by atoms with Crippen LogP contribution in [-0.4, -0.2) is 26.2 Å². The Labute approximate surface area is 139 Å². The second-order valence-corrected chi connectivity index (χ2v) is 5.41. The van der Waals surface area contributed by atoms with Crippen molar-refractivity contribution in [1.82, 2.24) is 20.0 Å². The lowest BCUT2D eigenvalue weighted by Crippen LogP contribution is -2.04. The molecule has 1 aromatic carbocycles. The van der Waals surface area contributed by atoms with Crippen molar-refractivity contribution in [2.24, 2.45) is 5.10 Å². The highest BCUT2D eigenvalue weighted by Crippen LogP contribution is 2.15. The summed E-state index contributed by atoms with van der Waals surface area (Å²) in [7, 11) is 0. The van der Waals surface area contributed by atoms with Crippen LogP contribution in [0.5, 0.6) is 0 Å². The first-order chi connectivity index (χ1) is 11.5. The zero-order valence-corrected chi connectivity index (χ0v) is 13.7. The van der Waals surface area contributed by atoms with Crippen LogP contribution in [0.2, 0.25) is 0 Å². The number of hydrazone groups is 1. The third-order valence-corrected chi connectivity index (χ3v) is 3.78. The summed E-state index contributed by atoms with van der Waals surface area (Å²) in [5.41, 5.74) is 6.73. The molecule has 0 spiro atoms. The number of rotatable bonds is 4. The number of aryl methyl sites for hydroxylation is 1. The standard InChI is InChI=1S/C17H17FN6/c1-11-12(2)23-24(13(11)3)17-9-8-16(21-22-17)20-19-10-14-4-6-15(18)7-5-14/h4-10H,1-3H3,(H,20,21). The predicted octanol–water partition coefficient (Wildman–Crippen LogP) is 3.17. The summed E-state index contributed by atoms with van der Waals surface area (Å²) in [5.74, 6) is 0.882. The molecule has 0 aliphatic heterocycles. The Balaban J connectivity index is 1.70. The number of anilines is 1. The summed E-state index contributed by atoms with van der Waals surface area (Å²) in [6.45, 7) is 5.99. The number of hydrogen-bond acceptors (Lipinski definition) is 5. The van der Waals surface area contributed by atoms with E-state index in [4.69, 9.17) is 0 Å². The Morgan fingerprint density at radius 2 is 1.79 bits per heavy atom. The molecular weight excluding hydrogens is 307 g/mol. The fourth-order valence-corrected chi connectivity index (χ4v) is 2.16. The highest BCUT2D eigenvalue weighted by atomic mass is 19.1. The van der Waals surface area contributed by atoms with Crippen molar-refractivity contribution in [2.45, 2.75) is 20.8 Å². The van der Waals surface area contributed by atoms with Crippen molar-refractivity contribution in [3.8, 4) is 5.82 Å². The Morgan fingerprint density at radius 1 is 1.04 bits per heavy atom. The van der Waals surface area contributed by atoms with Crippen LogP contribution in [0.1, 0.15) is 22.5 Å². The normalized spacial score (nSPS) is 11.2. The van der Waals surface area contributed by atoms with Gasteiger partial charge in [0.25, 0.3) is 0 Å². The van der Waals surface area contributed by atoms with E-state index in [1.165, 1.54) is 12.1 Å². The average molecular weight is 324 g/mol. The lowest BCUT2D eigenvalue weighted by molar-refractivity contribution is 0.628. The van der Waals surface area contributed by atoms with Crippen molar-refractivity contribution in [1.29, 1.82) is 0 Å².